The molecule has 0 radical (unpaired) electrons. The number of hydrogen-bond donors (Lipinski definition) is 3. The lowest BCUT2D eigenvalue weighted by molar-refractivity contribution is -0.151. The summed E-state index contributed by atoms with van der Waals surface area (Å²) in [6.45, 7) is 2.50. The highest BCUT2D eigenvalue weighted by molar-refractivity contribution is 5.82. The molecule has 3 N–H and O–H groups in total. The standard InChI is InChI=1S/C13H19N3O4/c1-8-9(7-15-16-8)3-2-6-14-12(17)10-4-5-11(20-10)13(18)19/h7,10-11H,2-6H2,1H3,(H,14,17)(H,15,16)(H,18,19). The van der Waals surface area contributed by atoms with E-state index in [1.807, 2.05) is 6.92 Å². The quantitative estimate of drug-likeness (QED) is 0.655. The number of H-pyrrole nitrogens is 1. The minimum Gasteiger partial charge on any atom is -0.479 e. The van der Waals surface area contributed by atoms with Crippen molar-refractivity contribution in [3.05, 3.63) is 17.5 Å². The number of carbonyl (C=O) groups is 2. The number of aliphatic carboxylic acids is 1. The SMILES string of the molecule is Cc1[nH]ncc1CCCNC(=O)C1CCC(C(=O)O)O1. The van der Waals surface area contributed by atoms with Crippen molar-refractivity contribution in [3.8, 4) is 0 Å². The molecule has 2 rings (SSSR count). The highest BCUT2D eigenvalue weighted by atomic mass is 16.5. The van der Waals surface area contributed by atoms with Gasteiger partial charge in [0.25, 0.3) is 0 Å². The number of nitrogens with one attached hydrogen (secondary N) is 2. The third-order valence-electron chi connectivity index (χ3n) is 3.44. The number of carbonyl (C=O) groups excluding carboxylic acids is 1. The monoisotopic (exact) mass is 281 g/mol. The lowest BCUT2D eigenvalue weighted by atomic mass is 10.1. The van der Waals surface area contributed by atoms with Gasteiger partial charge in [-0.25, -0.2) is 4.79 Å². The molecule has 0 aromatic carbocycles. The van der Waals surface area contributed by atoms with Gasteiger partial charge in [0.15, 0.2) is 6.10 Å². The second-order valence-electron chi connectivity index (χ2n) is 4.94. The van der Waals surface area contributed by atoms with E-state index in [0.29, 0.717) is 19.4 Å². The molecule has 1 aromatic rings. The van der Waals surface area contributed by atoms with Crippen molar-refractivity contribution in [2.45, 2.75) is 44.8 Å². The number of amides is 1. The molecule has 0 saturated carbocycles. The van der Waals surface area contributed by atoms with Crippen LogP contribution in [-0.2, 0) is 20.7 Å². The number of carboxylic acid groups (broad SMARTS) is 1. The van der Waals surface area contributed by atoms with Gasteiger partial charge in [0.05, 0.1) is 6.20 Å². The van der Waals surface area contributed by atoms with Gasteiger partial charge in [-0.2, -0.15) is 5.10 Å². The van der Waals surface area contributed by atoms with E-state index in [0.717, 1.165) is 24.1 Å². The Labute approximate surface area is 116 Å². The Hall–Kier alpha value is -1.89. The summed E-state index contributed by atoms with van der Waals surface area (Å²) in [5.41, 5.74) is 2.18. The Balaban J connectivity index is 1.66. The van der Waals surface area contributed by atoms with Crippen LogP contribution in [0.2, 0.25) is 0 Å². The summed E-state index contributed by atoms with van der Waals surface area (Å²) in [5.74, 6) is -1.23. The molecular formula is C13H19N3O4. The van der Waals surface area contributed by atoms with E-state index in [-0.39, 0.29) is 5.91 Å². The molecule has 110 valence electrons. The summed E-state index contributed by atoms with van der Waals surface area (Å²) in [5, 5.41) is 18.4. The summed E-state index contributed by atoms with van der Waals surface area (Å²) in [7, 11) is 0. The molecule has 1 aliphatic heterocycles. The number of nitrogens with zero attached hydrogens (tertiary/aromatic N) is 1. The first-order chi connectivity index (χ1) is 9.58. The predicted octanol–water partition coefficient (Wildman–Crippen LogP) is 0.399. The van der Waals surface area contributed by atoms with Crippen molar-refractivity contribution < 1.29 is 19.4 Å². The normalized spacial score (nSPS) is 21.9. The molecule has 0 spiro atoms. The van der Waals surface area contributed by atoms with E-state index >= 15 is 0 Å². The fourth-order valence-corrected chi connectivity index (χ4v) is 2.24. The fourth-order valence-electron chi connectivity index (χ4n) is 2.24. The smallest absolute Gasteiger partial charge is 0.332 e. The number of rotatable bonds is 6. The van der Waals surface area contributed by atoms with Crippen LogP contribution in [-0.4, -0.2) is 45.9 Å². The summed E-state index contributed by atoms with van der Waals surface area (Å²) in [4.78, 5) is 22.5. The van der Waals surface area contributed by atoms with Crippen molar-refractivity contribution in [1.82, 2.24) is 15.5 Å². The number of aryl methyl sites for hydroxylation is 2. The van der Waals surface area contributed by atoms with Crippen LogP contribution in [0.1, 0.15) is 30.5 Å². The minimum absolute atomic E-state index is 0.224. The highest BCUT2D eigenvalue weighted by Crippen LogP contribution is 2.19. The van der Waals surface area contributed by atoms with Crippen LogP contribution in [0.25, 0.3) is 0 Å². The predicted molar refractivity (Wildman–Crippen MR) is 70.2 cm³/mol. The van der Waals surface area contributed by atoms with E-state index in [2.05, 4.69) is 15.5 Å². The second kappa shape index (κ2) is 6.51. The van der Waals surface area contributed by atoms with E-state index in [4.69, 9.17) is 9.84 Å². The number of hydrogen-bond acceptors (Lipinski definition) is 4. The lowest BCUT2D eigenvalue weighted by Gasteiger charge is -2.11. The van der Waals surface area contributed by atoms with E-state index < -0.39 is 18.2 Å². The first-order valence-electron chi connectivity index (χ1n) is 6.72. The minimum atomic E-state index is -1.00. The Morgan fingerprint density at radius 3 is 2.85 bits per heavy atom. The molecule has 7 nitrogen and oxygen atoms in total. The average molecular weight is 281 g/mol. The van der Waals surface area contributed by atoms with Gasteiger partial charge < -0.3 is 15.2 Å². The van der Waals surface area contributed by atoms with Crippen molar-refractivity contribution >= 4 is 11.9 Å². The molecule has 2 unspecified atom stereocenters. The molecule has 1 saturated heterocycles. The Morgan fingerprint density at radius 2 is 2.25 bits per heavy atom. The van der Waals surface area contributed by atoms with Crippen molar-refractivity contribution in [1.29, 1.82) is 0 Å². The maximum Gasteiger partial charge on any atom is 0.332 e. The molecule has 1 aromatic heterocycles. The molecule has 0 aliphatic carbocycles. The summed E-state index contributed by atoms with van der Waals surface area (Å²) >= 11 is 0. The average Bonchev–Trinajstić information content (AvgIpc) is 3.03. The molecule has 20 heavy (non-hydrogen) atoms. The Morgan fingerprint density at radius 1 is 1.50 bits per heavy atom. The van der Waals surface area contributed by atoms with Gasteiger partial charge in [0.2, 0.25) is 5.91 Å². The zero-order chi connectivity index (χ0) is 14.5. The van der Waals surface area contributed by atoms with Gasteiger partial charge >= 0.3 is 5.97 Å². The van der Waals surface area contributed by atoms with Crippen molar-refractivity contribution in [2.24, 2.45) is 0 Å². The van der Waals surface area contributed by atoms with Crippen LogP contribution < -0.4 is 5.32 Å². The van der Waals surface area contributed by atoms with Gasteiger partial charge in [-0.1, -0.05) is 0 Å². The van der Waals surface area contributed by atoms with Crippen LogP contribution in [0.15, 0.2) is 6.20 Å². The summed E-state index contributed by atoms with van der Waals surface area (Å²) in [6.07, 6.45) is 2.80. The van der Waals surface area contributed by atoms with Crippen LogP contribution in [0.4, 0.5) is 0 Å². The third kappa shape index (κ3) is 3.57. The highest BCUT2D eigenvalue weighted by Gasteiger charge is 2.34. The number of aromatic amines is 1. The Bertz CT molecular complexity index is 486. The number of ether oxygens (including phenoxy) is 1. The van der Waals surface area contributed by atoms with E-state index in [1.165, 1.54) is 0 Å². The number of carboxylic acids is 1. The molecule has 1 aliphatic rings. The van der Waals surface area contributed by atoms with E-state index in [1.54, 1.807) is 6.20 Å². The second-order valence-corrected chi connectivity index (χ2v) is 4.94. The molecule has 7 heteroatoms. The first kappa shape index (κ1) is 14.5. The van der Waals surface area contributed by atoms with E-state index in [9.17, 15) is 9.59 Å². The lowest BCUT2D eigenvalue weighted by Crippen LogP contribution is -2.36. The van der Waals surface area contributed by atoms with Crippen LogP contribution in [0.3, 0.4) is 0 Å². The van der Waals surface area contributed by atoms with Gasteiger partial charge in [-0.05, 0) is 38.2 Å². The van der Waals surface area contributed by atoms with Crippen molar-refractivity contribution in [3.63, 3.8) is 0 Å². The Kier molecular flexibility index (Phi) is 4.73. The summed E-state index contributed by atoms with van der Waals surface area (Å²) in [6, 6.07) is 0. The van der Waals surface area contributed by atoms with Crippen LogP contribution in [0.5, 0.6) is 0 Å². The maximum absolute atomic E-state index is 11.8. The van der Waals surface area contributed by atoms with Crippen molar-refractivity contribution in [2.75, 3.05) is 6.54 Å². The van der Waals surface area contributed by atoms with Gasteiger partial charge in [-0.3, -0.25) is 9.89 Å². The van der Waals surface area contributed by atoms with Gasteiger partial charge in [0.1, 0.15) is 6.10 Å². The third-order valence-corrected chi connectivity index (χ3v) is 3.44. The summed E-state index contributed by atoms with van der Waals surface area (Å²) < 4.78 is 5.18. The van der Waals surface area contributed by atoms with Crippen LogP contribution in [0, 0.1) is 6.92 Å². The molecule has 2 atom stereocenters. The molecule has 1 amide bonds. The molecule has 0 bridgehead atoms. The number of aromatic nitrogens is 2. The largest absolute Gasteiger partial charge is 0.479 e. The molecule has 2 heterocycles. The zero-order valence-electron chi connectivity index (χ0n) is 11.4. The topological polar surface area (TPSA) is 104 Å². The maximum atomic E-state index is 11.8. The van der Waals surface area contributed by atoms with Gasteiger partial charge in [0, 0.05) is 12.2 Å². The molecular weight excluding hydrogens is 262 g/mol. The molecule has 1 fully saturated rings. The first-order valence-corrected chi connectivity index (χ1v) is 6.72. The fraction of sp³-hybridized carbons (Fsp3) is 0.615. The zero-order valence-corrected chi connectivity index (χ0v) is 11.4. The van der Waals surface area contributed by atoms with Gasteiger partial charge in [-0.15, -0.1) is 0 Å². The van der Waals surface area contributed by atoms with Crippen LogP contribution >= 0.6 is 0 Å².